The van der Waals surface area contributed by atoms with Crippen molar-refractivity contribution in [3.05, 3.63) is 74.8 Å². The second-order valence-electron chi connectivity index (χ2n) is 10.5. The number of nitrogens with one attached hydrogen (secondary N) is 1. The van der Waals surface area contributed by atoms with E-state index >= 15 is 0 Å². The molecule has 0 radical (unpaired) electrons. The summed E-state index contributed by atoms with van der Waals surface area (Å²) in [7, 11) is 0. The van der Waals surface area contributed by atoms with Crippen molar-refractivity contribution in [2.24, 2.45) is 5.92 Å². The van der Waals surface area contributed by atoms with Gasteiger partial charge in [-0.05, 0) is 61.1 Å². The number of piperidine rings is 1. The van der Waals surface area contributed by atoms with Crippen molar-refractivity contribution < 1.29 is 19.1 Å². The number of nitrogens with zero attached hydrogens (tertiary/aromatic N) is 3. The lowest BCUT2D eigenvalue weighted by Crippen LogP contribution is -2.38. The molecule has 0 bridgehead atoms. The molecule has 0 aliphatic carbocycles. The number of H-pyrrole nitrogens is 1. The summed E-state index contributed by atoms with van der Waals surface area (Å²) >= 11 is 6.07. The monoisotopic (exact) mass is 548 g/mol. The summed E-state index contributed by atoms with van der Waals surface area (Å²) in [5.74, 6) is 0.423. The van der Waals surface area contributed by atoms with Gasteiger partial charge in [0.25, 0.3) is 17.4 Å². The summed E-state index contributed by atoms with van der Waals surface area (Å²) in [6.45, 7) is 7.40. The van der Waals surface area contributed by atoms with Crippen LogP contribution in [0.1, 0.15) is 50.8 Å². The highest BCUT2D eigenvalue weighted by Crippen LogP contribution is 2.41. The number of fused-ring (bicyclic) bond motifs is 1. The molecular weight excluding hydrogens is 520 g/mol. The molecule has 202 valence electrons. The van der Waals surface area contributed by atoms with Gasteiger partial charge >= 0.3 is 0 Å². The topological polar surface area (TPSA) is 96.9 Å². The Morgan fingerprint density at radius 3 is 2.28 bits per heavy atom. The van der Waals surface area contributed by atoms with Crippen molar-refractivity contribution in [3.8, 4) is 17.2 Å². The van der Waals surface area contributed by atoms with Crippen LogP contribution >= 0.6 is 11.6 Å². The number of amides is 2. The number of hydrogen-bond acceptors (Lipinski definition) is 6. The highest BCUT2D eigenvalue weighted by atomic mass is 35.5. The molecule has 0 unspecified atom stereocenters. The second-order valence-corrected chi connectivity index (χ2v) is 11.0. The third-order valence-electron chi connectivity index (χ3n) is 7.60. The molecule has 4 heterocycles. The number of benzene rings is 2. The minimum atomic E-state index is -0.534. The van der Waals surface area contributed by atoms with Crippen LogP contribution in [0.5, 0.6) is 11.5 Å². The highest BCUT2D eigenvalue weighted by Gasteiger charge is 2.45. The van der Waals surface area contributed by atoms with E-state index in [4.69, 9.17) is 21.1 Å². The molecule has 1 aromatic heterocycles. The summed E-state index contributed by atoms with van der Waals surface area (Å²) in [6.07, 6.45) is 1.78. The third kappa shape index (κ3) is 4.21. The van der Waals surface area contributed by atoms with E-state index in [-0.39, 0.29) is 29.5 Å². The van der Waals surface area contributed by atoms with Crippen molar-refractivity contribution in [1.29, 1.82) is 0 Å². The predicted molar refractivity (Wildman–Crippen MR) is 147 cm³/mol. The van der Waals surface area contributed by atoms with Crippen molar-refractivity contribution in [3.63, 3.8) is 0 Å². The number of hydrogen-bond donors (Lipinski definition) is 1. The molecule has 9 nitrogen and oxygen atoms in total. The van der Waals surface area contributed by atoms with E-state index in [1.165, 1.54) is 4.68 Å². The quantitative estimate of drug-likeness (QED) is 0.465. The molecular formula is C29H29ClN4O5. The summed E-state index contributed by atoms with van der Waals surface area (Å²) < 4.78 is 12.3. The van der Waals surface area contributed by atoms with Gasteiger partial charge in [0.15, 0.2) is 11.5 Å². The number of carbonyl (C=O) groups excluding carboxylic acids is 2. The molecule has 1 N–H and O–H groups in total. The van der Waals surface area contributed by atoms with Crippen molar-refractivity contribution >= 4 is 34.7 Å². The van der Waals surface area contributed by atoms with E-state index < -0.39 is 17.4 Å². The van der Waals surface area contributed by atoms with Gasteiger partial charge in [-0.15, -0.1) is 0 Å². The zero-order valence-corrected chi connectivity index (χ0v) is 22.7. The van der Waals surface area contributed by atoms with Crippen LogP contribution in [0.3, 0.4) is 0 Å². The van der Waals surface area contributed by atoms with Crippen LogP contribution in [0.4, 0.5) is 5.69 Å². The maximum Gasteiger partial charge on any atom is 0.282 e. The van der Waals surface area contributed by atoms with Gasteiger partial charge in [-0.3, -0.25) is 19.5 Å². The highest BCUT2D eigenvalue weighted by molar-refractivity contribution is 6.45. The molecule has 2 aromatic carbocycles. The van der Waals surface area contributed by atoms with E-state index in [0.29, 0.717) is 52.6 Å². The van der Waals surface area contributed by atoms with Gasteiger partial charge in [0.05, 0.1) is 22.5 Å². The Hall–Kier alpha value is -3.98. The van der Waals surface area contributed by atoms with E-state index in [0.717, 1.165) is 17.7 Å². The first-order valence-corrected chi connectivity index (χ1v) is 13.5. The minimum absolute atomic E-state index is 0.0761. The molecule has 0 saturated carbocycles. The predicted octanol–water partition coefficient (Wildman–Crippen LogP) is 4.69. The van der Waals surface area contributed by atoms with Crippen molar-refractivity contribution in [2.75, 3.05) is 24.8 Å². The number of ether oxygens (including phenoxy) is 2. The fraction of sp³-hybridized carbons (Fsp3) is 0.345. The number of imide groups is 1. The average molecular weight is 549 g/mol. The zero-order valence-electron chi connectivity index (χ0n) is 22.0. The SMILES string of the molecule is CC1CCN(C2=C(c3c(C(C)C)[nH]n(-c4ccc(Cl)cc4)c3=O)C(=O)N(c3ccc4c(c3)OCO4)C2=O)CC1. The number of likely N-dealkylation sites (tertiary alicyclic amines) is 1. The van der Waals surface area contributed by atoms with E-state index in [1.807, 2.05) is 18.7 Å². The van der Waals surface area contributed by atoms with Crippen LogP contribution in [-0.2, 0) is 9.59 Å². The smallest absolute Gasteiger partial charge is 0.282 e. The summed E-state index contributed by atoms with van der Waals surface area (Å²) in [4.78, 5) is 45.4. The lowest BCUT2D eigenvalue weighted by molar-refractivity contribution is -0.120. The molecule has 0 atom stereocenters. The molecule has 3 aliphatic heterocycles. The maximum absolute atomic E-state index is 14.2. The maximum atomic E-state index is 14.2. The van der Waals surface area contributed by atoms with Gasteiger partial charge in [0, 0.05) is 29.9 Å². The Morgan fingerprint density at radius 1 is 0.923 bits per heavy atom. The largest absolute Gasteiger partial charge is 0.454 e. The first-order chi connectivity index (χ1) is 18.7. The van der Waals surface area contributed by atoms with Crippen LogP contribution in [0.25, 0.3) is 11.3 Å². The Labute approximate surface area is 230 Å². The molecule has 10 heteroatoms. The number of aromatic nitrogens is 2. The molecule has 2 amide bonds. The first kappa shape index (κ1) is 25.3. The summed E-state index contributed by atoms with van der Waals surface area (Å²) in [6, 6.07) is 11.8. The molecule has 1 saturated heterocycles. The Bertz CT molecular complexity index is 1560. The van der Waals surface area contributed by atoms with E-state index in [9.17, 15) is 14.4 Å². The zero-order chi connectivity index (χ0) is 27.4. The lowest BCUT2D eigenvalue weighted by Gasteiger charge is -2.32. The van der Waals surface area contributed by atoms with Gasteiger partial charge in [0.1, 0.15) is 5.70 Å². The first-order valence-electron chi connectivity index (χ1n) is 13.1. The summed E-state index contributed by atoms with van der Waals surface area (Å²) in [5, 5.41) is 3.75. The van der Waals surface area contributed by atoms with Crippen LogP contribution in [0.15, 0.2) is 53.0 Å². The Morgan fingerprint density at radius 2 is 1.59 bits per heavy atom. The van der Waals surface area contributed by atoms with E-state index in [1.54, 1.807) is 42.5 Å². The molecule has 3 aromatic rings. The van der Waals surface area contributed by atoms with Crippen LogP contribution in [0.2, 0.25) is 5.02 Å². The molecule has 39 heavy (non-hydrogen) atoms. The number of halogens is 1. The van der Waals surface area contributed by atoms with Crippen LogP contribution in [-0.4, -0.2) is 46.4 Å². The fourth-order valence-electron chi connectivity index (χ4n) is 5.41. The van der Waals surface area contributed by atoms with E-state index in [2.05, 4.69) is 12.0 Å². The lowest BCUT2D eigenvalue weighted by atomic mass is 9.95. The van der Waals surface area contributed by atoms with Gasteiger partial charge in [-0.25, -0.2) is 9.58 Å². The molecule has 1 fully saturated rings. The molecule has 0 spiro atoms. The second kappa shape index (κ2) is 9.64. The van der Waals surface area contributed by atoms with Gasteiger partial charge in [-0.1, -0.05) is 32.4 Å². The number of anilines is 1. The van der Waals surface area contributed by atoms with Gasteiger partial charge < -0.3 is 14.4 Å². The van der Waals surface area contributed by atoms with Gasteiger partial charge in [0.2, 0.25) is 6.79 Å². The fourth-order valence-corrected chi connectivity index (χ4v) is 5.54. The summed E-state index contributed by atoms with van der Waals surface area (Å²) in [5.41, 5.74) is 1.75. The van der Waals surface area contributed by atoms with Gasteiger partial charge in [-0.2, -0.15) is 0 Å². The van der Waals surface area contributed by atoms with Crippen molar-refractivity contribution in [2.45, 2.75) is 39.5 Å². The average Bonchev–Trinajstić information content (AvgIpc) is 3.59. The van der Waals surface area contributed by atoms with Crippen LogP contribution < -0.4 is 19.9 Å². The molecule has 3 aliphatic rings. The van der Waals surface area contributed by atoms with Crippen LogP contribution in [0, 0.1) is 5.92 Å². The number of aromatic amines is 1. The van der Waals surface area contributed by atoms with Crippen molar-refractivity contribution in [1.82, 2.24) is 14.7 Å². The third-order valence-corrected chi connectivity index (χ3v) is 7.86. The number of carbonyl (C=O) groups is 2. The standard InChI is InChI=1S/C29H29ClN4O5/c1-16(2)25-23(28(36)34(31-25)19-6-4-18(30)5-7-19)24-26(32-12-10-17(3)11-13-32)29(37)33(27(24)35)20-8-9-21-22(14-20)39-15-38-21/h4-9,14,16-17,31H,10-13,15H2,1-3H3. The molecule has 6 rings (SSSR count). The number of rotatable bonds is 5. The minimum Gasteiger partial charge on any atom is -0.454 e. The normalized spacial score (nSPS) is 17.8. The Kier molecular flexibility index (Phi) is 6.26. The Balaban J connectivity index is 1.53.